The molecule has 2 aromatic rings. The molecule has 134 valence electrons. The maximum atomic E-state index is 6.75. The first-order valence-electron chi connectivity index (χ1n) is 6.68. The first-order chi connectivity index (χ1) is 10.2. The van der Waals surface area contributed by atoms with Crippen molar-refractivity contribution in [2.45, 2.75) is 19.3 Å². The predicted octanol–water partition coefficient (Wildman–Crippen LogP) is 5.79. The molecule has 0 saturated heterocycles. The Kier molecular flexibility index (Phi) is 33.6. The molecular weight excluding hydrogens is 564 g/mol. The van der Waals surface area contributed by atoms with Crippen LogP contribution in [0.4, 0.5) is 0 Å². The van der Waals surface area contributed by atoms with Crippen LogP contribution in [0.25, 0.3) is 0 Å². The maximum Gasteiger partial charge on any atom is 3.00 e. The van der Waals surface area contributed by atoms with E-state index < -0.39 is 0 Å². The molecule has 0 bridgehead atoms. The van der Waals surface area contributed by atoms with Crippen molar-refractivity contribution in [2.24, 2.45) is 0 Å². The van der Waals surface area contributed by atoms with E-state index in [9.17, 15) is 0 Å². The summed E-state index contributed by atoms with van der Waals surface area (Å²) in [6.45, 7) is 10.1. The molecule has 0 unspecified atom stereocenters. The summed E-state index contributed by atoms with van der Waals surface area (Å²) in [4.78, 5) is 0. The zero-order valence-electron chi connectivity index (χ0n) is 15.6. The summed E-state index contributed by atoms with van der Waals surface area (Å²) in [6.07, 6.45) is 1.10. The van der Waals surface area contributed by atoms with Crippen LogP contribution in [0, 0.1) is 126 Å². The second kappa shape index (κ2) is 22.9. The van der Waals surface area contributed by atoms with E-state index in [0.29, 0.717) is 5.92 Å². The molecule has 2 N–H and O–H groups in total. The fourth-order valence-electron chi connectivity index (χ4n) is 2.16. The van der Waals surface area contributed by atoms with Crippen molar-refractivity contribution in [1.29, 1.82) is 0 Å². The van der Waals surface area contributed by atoms with Crippen LogP contribution >= 0.6 is 0 Å². The fourth-order valence-corrected chi connectivity index (χ4v) is 2.16. The van der Waals surface area contributed by atoms with E-state index in [4.69, 9.17) is 10.2 Å². The van der Waals surface area contributed by atoms with Gasteiger partial charge in [0.05, 0.1) is 0 Å². The number of aliphatic hydroxyl groups excluding tert-OH is 2. The molecule has 0 aliphatic carbocycles. The van der Waals surface area contributed by atoms with Crippen molar-refractivity contribution in [1.82, 2.24) is 0 Å². The molecule has 2 radical (unpaired) electrons. The van der Waals surface area contributed by atoms with Crippen molar-refractivity contribution >= 4 is 0 Å². The quantitative estimate of drug-likeness (QED) is 0.442. The Hall–Kier alpha value is 0.853. The minimum Gasteiger partial charge on any atom is -0.569 e. The molecule has 0 spiro atoms. The van der Waals surface area contributed by atoms with E-state index in [-0.39, 0.29) is 98.3 Å². The Balaban J connectivity index is -0.000000156. The maximum absolute atomic E-state index is 6.75. The van der Waals surface area contributed by atoms with Crippen LogP contribution < -0.4 is 0 Å². The van der Waals surface area contributed by atoms with Crippen LogP contribution in [-0.2, 0) is 0 Å². The Morgan fingerprint density at radius 3 is 1.12 bits per heavy atom. The molecule has 0 amide bonds. The topological polar surface area (TPSA) is 40.5 Å². The normalized spacial score (nSPS) is 7.76. The van der Waals surface area contributed by atoms with Crippen molar-refractivity contribution in [2.75, 3.05) is 0 Å². The molecule has 0 saturated carbocycles. The van der Waals surface area contributed by atoms with E-state index in [1.54, 1.807) is 0 Å². The molecule has 0 atom stereocenters. The minimum absolute atomic E-state index is 0. The van der Waals surface area contributed by atoms with E-state index in [1.165, 1.54) is 11.1 Å². The molecule has 4 heteroatoms. The summed E-state index contributed by atoms with van der Waals surface area (Å²) >= 11 is 0. The van der Waals surface area contributed by atoms with Gasteiger partial charge in [-0.3, -0.25) is 0 Å². The van der Waals surface area contributed by atoms with Crippen LogP contribution in [-0.4, -0.2) is 10.2 Å². The molecule has 25 heavy (non-hydrogen) atoms. The van der Waals surface area contributed by atoms with Gasteiger partial charge in [-0.2, -0.15) is 49.2 Å². The largest absolute Gasteiger partial charge is 3.00 e. The smallest absolute Gasteiger partial charge is 0.569 e. The van der Waals surface area contributed by atoms with Crippen molar-refractivity contribution in [3.05, 3.63) is 114 Å². The summed E-state index contributed by atoms with van der Waals surface area (Å²) in [7, 11) is 4.50. The molecule has 2 aromatic carbocycles. The van der Waals surface area contributed by atoms with Crippen LogP contribution in [0.2, 0.25) is 0 Å². The Morgan fingerprint density at radius 1 is 0.680 bits per heavy atom. The van der Waals surface area contributed by atoms with Crippen molar-refractivity contribution < 1.29 is 93.7 Å². The second-order valence-corrected chi connectivity index (χ2v) is 4.44. The van der Waals surface area contributed by atoms with Gasteiger partial charge in [0.2, 0.25) is 0 Å². The third-order valence-electron chi connectivity index (χ3n) is 3.17. The Morgan fingerprint density at radius 2 is 0.920 bits per heavy atom. The van der Waals surface area contributed by atoms with Crippen LogP contribution in [0.15, 0.2) is 48.5 Å². The van der Waals surface area contributed by atoms with Gasteiger partial charge >= 0.3 is 83.5 Å². The SMILES string of the molecule is [CH2-]O.[CH2-]O.[CH2-]c1ccc(C(CC)c2ccc([CH2-])cc2)cc1.[CH3-].[CH3-].[Ce+3].[Ce+3]. The third kappa shape index (κ3) is 13.6. The van der Waals surface area contributed by atoms with Crippen LogP contribution in [0.1, 0.15) is 41.5 Å². The number of hydrogen-bond acceptors (Lipinski definition) is 2. The average molecular weight is 595 g/mol. The van der Waals surface area contributed by atoms with Gasteiger partial charge in [0.1, 0.15) is 0 Å². The zero-order chi connectivity index (χ0) is 16.3. The predicted molar refractivity (Wildman–Crippen MR) is 101 cm³/mol. The summed E-state index contributed by atoms with van der Waals surface area (Å²) < 4.78 is 0. The van der Waals surface area contributed by atoms with Gasteiger partial charge in [0.15, 0.2) is 0 Å². The second-order valence-electron chi connectivity index (χ2n) is 4.44. The molecule has 0 aromatic heterocycles. The Bertz CT molecular complexity index is 437. The van der Waals surface area contributed by atoms with Gasteiger partial charge in [-0.1, -0.05) is 18.1 Å². The summed E-state index contributed by atoms with van der Waals surface area (Å²) in [5, 5.41) is 13.5. The number of benzene rings is 2. The molecule has 0 heterocycles. The van der Waals surface area contributed by atoms with Gasteiger partial charge in [-0.05, 0) is 6.42 Å². The standard InChI is InChI=1S/C17H18.2CH3O.2CH3.2Ce/c1-4-17(15-9-5-13(2)6-10-15)16-11-7-14(3)8-12-16;2*1-2;;;;/h5-12,17H,2-4H2,1H3;2*2H,1H2;2*1H3;;/q-2;4*-1;2*+3. The summed E-state index contributed by atoms with van der Waals surface area (Å²) in [5.74, 6) is 0.469. The third-order valence-corrected chi connectivity index (χ3v) is 3.17. The van der Waals surface area contributed by atoms with Crippen LogP contribution in [0.3, 0.4) is 0 Å². The summed E-state index contributed by atoms with van der Waals surface area (Å²) in [6, 6.07) is 17.0. The summed E-state index contributed by atoms with van der Waals surface area (Å²) in [5.41, 5.74) is 4.85. The van der Waals surface area contributed by atoms with E-state index in [1.807, 2.05) is 0 Å². The van der Waals surface area contributed by atoms with Crippen molar-refractivity contribution in [3.8, 4) is 0 Å². The first kappa shape index (κ1) is 36.7. The van der Waals surface area contributed by atoms with Gasteiger partial charge < -0.3 is 25.1 Å². The number of aliphatic hydroxyl groups is 2. The first-order valence-corrected chi connectivity index (χ1v) is 6.68. The van der Waals surface area contributed by atoms with Gasteiger partial charge in [0.25, 0.3) is 0 Å². The number of hydrogen-bond donors (Lipinski definition) is 2. The van der Waals surface area contributed by atoms with Crippen LogP contribution in [0.5, 0.6) is 0 Å². The van der Waals surface area contributed by atoms with Gasteiger partial charge in [0, 0.05) is 5.92 Å². The van der Waals surface area contributed by atoms with Gasteiger partial charge in [-0.15, -0.1) is 24.3 Å². The zero-order valence-corrected chi connectivity index (χ0v) is 21.9. The Labute approximate surface area is 223 Å². The molecule has 0 aliphatic heterocycles. The fraction of sp³-hybridized carbons (Fsp3) is 0.143. The molecule has 2 rings (SSSR count). The monoisotopic (exact) mass is 594 g/mol. The minimum atomic E-state index is 0. The molecule has 0 aliphatic rings. The number of rotatable bonds is 3. The van der Waals surface area contributed by atoms with Crippen molar-refractivity contribution in [3.63, 3.8) is 0 Å². The molecule has 0 fully saturated rings. The van der Waals surface area contributed by atoms with E-state index >= 15 is 0 Å². The average Bonchev–Trinajstić information content (AvgIpc) is 2.55. The van der Waals surface area contributed by atoms with Gasteiger partial charge in [-0.25, -0.2) is 14.2 Å². The van der Waals surface area contributed by atoms with E-state index in [0.717, 1.165) is 17.5 Å². The molecule has 2 nitrogen and oxygen atoms in total. The van der Waals surface area contributed by atoms with E-state index in [2.05, 4.69) is 83.5 Å². The molecular formula is C21H30Ce2O2.